The van der Waals surface area contributed by atoms with Gasteiger partial charge in [0.25, 0.3) is 0 Å². The molecule has 1 heterocycles. The molecule has 0 unspecified atom stereocenters. The van der Waals surface area contributed by atoms with Crippen LogP contribution in [0.2, 0.25) is 0 Å². The molecule has 0 N–H and O–H groups in total. The van der Waals surface area contributed by atoms with Gasteiger partial charge in [-0.1, -0.05) is 12.1 Å². The van der Waals surface area contributed by atoms with Gasteiger partial charge in [-0.3, -0.25) is 9.59 Å². The lowest BCUT2D eigenvalue weighted by Crippen LogP contribution is -2.15. The van der Waals surface area contributed by atoms with E-state index in [0.29, 0.717) is 61.2 Å². The van der Waals surface area contributed by atoms with Crippen LogP contribution in [0.4, 0.5) is 0 Å². The molecule has 1 aliphatic heterocycles. The molecule has 7 nitrogen and oxygen atoms in total. The van der Waals surface area contributed by atoms with Gasteiger partial charge in [0, 0.05) is 31.1 Å². The van der Waals surface area contributed by atoms with E-state index < -0.39 is 0 Å². The van der Waals surface area contributed by atoms with Crippen LogP contribution >= 0.6 is 0 Å². The number of ketones is 2. The van der Waals surface area contributed by atoms with Crippen LogP contribution in [-0.4, -0.2) is 51.9 Å². The first kappa shape index (κ1) is 21.8. The van der Waals surface area contributed by atoms with E-state index >= 15 is 0 Å². The van der Waals surface area contributed by atoms with Crippen molar-refractivity contribution in [3.05, 3.63) is 53.6 Å². The molecule has 0 atom stereocenters. The SMILES string of the molecule is COCCOCOc1cccc(C(=O)CCCC(=O)c2ccc3c(c2)OCCO3)c1. The summed E-state index contributed by atoms with van der Waals surface area (Å²) in [5, 5.41) is 0. The van der Waals surface area contributed by atoms with Gasteiger partial charge in [-0.2, -0.15) is 0 Å². The average Bonchev–Trinajstić information content (AvgIpc) is 2.78. The second-order valence-corrected chi connectivity index (χ2v) is 6.75. The van der Waals surface area contributed by atoms with Crippen molar-refractivity contribution >= 4 is 11.6 Å². The minimum Gasteiger partial charge on any atom is -0.486 e. The van der Waals surface area contributed by atoms with E-state index in [9.17, 15) is 9.59 Å². The van der Waals surface area contributed by atoms with Crippen LogP contribution in [0.1, 0.15) is 40.0 Å². The fourth-order valence-electron chi connectivity index (χ4n) is 2.99. The number of rotatable bonds is 12. The zero-order valence-electron chi connectivity index (χ0n) is 17.1. The molecule has 3 rings (SSSR count). The summed E-state index contributed by atoms with van der Waals surface area (Å²) in [5.74, 6) is 1.75. The molecule has 1 aliphatic rings. The Morgan fingerprint density at radius 1 is 0.900 bits per heavy atom. The average molecular weight is 414 g/mol. The zero-order valence-corrected chi connectivity index (χ0v) is 17.1. The summed E-state index contributed by atoms with van der Waals surface area (Å²) >= 11 is 0. The Hall–Kier alpha value is -2.90. The Balaban J connectivity index is 1.45. The summed E-state index contributed by atoms with van der Waals surface area (Å²) in [6.07, 6.45) is 1.04. The molecule has 160 valence electrons. The molecule has 0 saturated heterocycles. The van der Waals surface area contributed by atoms with Crippen LogP contribution in [0.25, 0.3) is 0 Å². The maximum atomic E-state index is 12.5. The number of hydrogen-bond acceptors (Lipinski definition) is 7. The van der Waals surface area contributed by atoms with Crippen molar-refractivity contribution in [2.75, 3.05) is 40.3 Å². The fraction of sp³-hybridized carbons (Fsp3) is 0.391. The molecular formula is C23H26O7. The van der Waals surface area contributed by atoms with Crippen molar-refractivity contribution in [1.29, 1.82) is 0 Å². The monoisotopic (exact) mass is 414 g/mol. The first-order chi connectivity index (χ1) is 14.7. The second-order valence-electron chi connectivity index (χ2n) is 6.75. The summed E-state index contributed by atoms with van der Waals surface area (Å²) in [6.45, 7) is 2.00. The molecule has 2 aromatic rings. The molecule has 0 aromatic heterocycles. The molecular weight excluding hydrogens is 388 g/mol. The van der Waals surface area contributed by atoms with Crippen molar-refractivity contribution in [2.24, 2.45) is 0 Å². The van der Waals surface area contributed by atoms with Crippen molar-refractivity contribution < 1.29 is 33.3 Å². The van der Waals surface area contributed by atoms with E-state index in [1.807, 2.05) is 0 Å². The lowest BCUT2D eigenvalue weighted by atomic mass is 10.0. The number of ether oxygens (including phenoxy) is 5. The van der Waals surface area contributed by atoms with Crippen molar-refractivity contribution in [1.82, 2.24) is 0 Å². The summed E-state index contributed by atoms with van der Waals surface area (Å²) in [5.41, 5.74) is 1.12. The highest BCUT2D eigenvalue weighted by Gasteiger charge is 2.15. The quantitative estimate of drug-likeness (QED) is 0.298. The van der Waals surface area contributed by atoms with Crippen LogP contribution in [0.5, 0.6) is 17.2 Å². The number of Topliss-reactive ketones (excluding diaryl/α,β-unsaturated/α-hetero) is 2. The molecule has 0 fully saturated rings. The third-order valence-corrected chi connectivity index (χ3v) is 4.57. The standard InChI is InChI=1S/C23H26O7/c1-26-10-11-27-16-30-19-5-2-4-17(14-19)20(24)6-3-7-21(25)18-8-9-22-23(15-18)29-13-12-28-22/h2,4-5,8-9,14-15H,3,6-7,10-13,16H2,1H3. The van der Waals surface area contributed by atoms with E-state index in [1.54, 1.807) is 49.6 Å². The molecule has 2 aromatic carbocycles. The first-order valence-corrected chi connectivity index (χ1v) is 9.93. The van der Waals surface area contributed by atoms with Crippen molar-refractivity contribution in [3.8, 4) is 17.2 Å². The second kappa shape index (κ2) is 11.3. The number of carbonyl (C=O) groups is 2. The Morgan fingerprint density at radius 2 is 1.63 bits per heavy atom. The summed E-state index contributed by atoms with van der Waals surface area (Å²) in [7, 11) is 1.60. The largest absolute Gasteiger partial charge is 0.486 e. The smallest absolute Gasteiger partial charge is 0.189 e. The van der Waals surface area contributed by atoms with Crippen molar-refractivity contribution in [2.45, 2.75) is 19.3 Å². The van der Waals surface area contributed by atoms with E-state index in [4.69, 9.17) is 23.7 Å². The van der Waals surface area contributed by atoms with E-state index in [1.165, 1.54) is 0 Å². The van der Waals surface area contributed by atoms with Gasteiger partial charge < -0.3 is 23.7 Å². The van der Waals surface area contributed by atoms with Gasteiger partial charge in [-0.05, 0) is 36.8 Å². The Labute approximate surface area is 175 Å². The lowest BCUT2D eigenvalue weighted by molar-refractivity contribution is -0.00850. The molecule has 7 heteroatoms. The predicted molar refractivity (Wildman–Crippen MR) is 110 cm³/mol. The topological polar surface area (TPSA) is 80.3 Å². The molecule has 30 heavy (non-hydrogen) atoms. The number of benzene rings is 2. The minimum absolute atomic E-state index is 0.0231. The van der Waals surface area contributed by atoms with E-state index in [0.717, 1.165) is 0 Å². The van der Waals surface area contributed by atoms with Crippen LogP contribution in [0.3, 0.4) is 0 Å². The maximum Gasteiger partial charge on any atom is 0.189 e. The van der Waals surface area contributed by atoms with Crippen LogP contribution < -0.4 is 14.2 Å². The zero-order chi connectivity index (χ0) is 21.2. The molecule has 0 spiro atoms. The predicted octanol–water partition coefficient (Wildman–Crippen LogP) is 3.69. The Kier molecular flexibility index (Phi) is 8.23. The number of methoxy groups -OCH3 is 1. The van der Waals surface area contributed by atoms with Crippen LogP contribution in [0.15, 0.2) is 42.5 Å². The van der Waals surface area contributed by atoms with Gasteiger partial charge in [-0.15, -0.1) is 0 Å². The third kappa shape index (κ3) is 6.30. The Morgan fingerprint density at radius 3 is 2.40 bits per heavy atom. The maximum absolute atomic E-state index is 12.5. The summed E-state index contributed by atoms with van der Waals surface area (Å²) < 4.78 is 26.6. The minimum atomic E-state index is -0.0317. The highest BCUT2D eigenvalue weighted by atomic mass is 16.7. The normalized spacial score (nSPS) is 12.4. The molecule has 0 saturated carbocycles. The molecule has 0 aliphatic carbocycles. The van der Waals surface area contributed by atoms with Gasteiger partial charge in [0.15, 0.2) is 29.9 Å². The highest BCUT2D eigenvalue weighted by molar-refractivity contribution is 5.98. The first-order valence-electron chi connectivity index (χ1n) is 9.93. The van der Waals surface area contributed by atoms with Crippen LogP contribution in [0, 0.1) is 0 Å². The van der Waals surface area contributed by atoms with Gasteiger partial charge in [-0.25, -0.2) is 0 Å². The molecule has 0 amide bonds. The Bertz CT molecular complexity index is 862. The molecule has 0 bridgehead atoms. The summed E-state index contributed by atoms with van der Waals surface area (Å²) in [4.78, 5) is 24.9. The number of hydrogen-bond donors (Lipinski definition) is 0. The van der Waals surface area contributed by atoms with Gasteiger partial charge in [0.1, 0.15) is 19.0 Å². The van der Waals surface area contributed by atoms with E-state index in [-0.39, 0.29) is 31.2 Å². The van der Waals surface area contributed by atoms with E-state index in [2.05, 4.69) is 0 Å². The van der Waals surface area contributed by atoms with Crippen molar-refractivity contribution in [3.63, 3.8) is 0 Å². The van der Waals surface area contributed by atoms with Gasteiger partial charge in [0.2, 0.25) is 0 Å². The summed E-state index contributed by atoms with van der Waals surface area (Å²) in [6, 6.07) is 12.1. The van der Waals surface area contributed by atoms with Gasteiger partial charge in [0.05, 0.1) is 13.2 Å². The number of fused-ring (bicyclic) bond motifs is 1. The van der Waals surface area contributed by atoms with Gasteiger partial charge >= 0.3 is 0 Å². The third-order valence-electron chi connectivity index (χ3n) is 4.57. The number of carbonyl (C=O) groups excluding carboxylic acids is 2. The highest BCUT2D eigenvalue weighted by Crippen LogP contribution is 2.31. The lowest BCUT2D eigenvalue weighted by Gasteiger charge is -2.18. The molecule has 0 radical (unpaired) electrons. The fourth-order valence-corrected chi connectivity index (χ4v) is 2.99. The van der Waals surface area contributed by atoms with Crippen LogP contribution in [-0.2, 0) is 9.47 Å².